The smallest absolute Gasteiger partial charge is 0.262 e. The Bertz CT molecular complexity index is 1000. The Morgan fingerprint density at radius 2 is 1.92 bits per heavy atom. The SMILES string of the molecule is CC(C)n1c(SCC[S@](=O)c2ccccc2)nc2cc(Cl)ccc2c1=O. The maximum absolute atomic E-state index is 12.8. The van der Waals surface area contributed by atoms with Gasteiger partial charge in [0, 0.05) is 27.5 Å². The van der Waals surface area contributed by atoms with Gasteiger partial charge in [-0.25, -0.2) is 4.98 Å². The van der Waals surface area contributed by atoms with Crippen molar-refractivity contribution in [1.29, 1.82) is 0 Å². The molecule has 0 saturated carbocycles. The van der Waals surface area contributed by atoms with Crippen LogP contribution in [0, 0.1) is 0 Å². The fraction of sp³-hybridized carbons (Fsp3) is 0.263. The third-order valence-corrected chi connectivity index (χ3v) is 6.67. The molecule has 7 heteroatoms. The summed E-state index contributed by atoms with van der Waals surface area (Å²) in [4.78, 5) is 18.3. The van der Waals surface area contributed by atoms with Gasteiger partial charge in [-0.2, -0.15) is 0 Å². The maximum atomic E-state index is 12.8. The van der Waals surface area contributed by atoms with E-state index in [1.54, 1.807) is 22.8 Å². The van der Waals surface area contributed by atoms with Gasteiger partial charge in [-0.05, 0) is 44.2 Å². The first-order chi connectivity index (χ1) is 12.5. The Labute approximate surface area is 164 Å². The lowest BCUT2D eigenvalue weighted by atomic mass is 10.2. The molecule has 136 valence electrons. The van der Waals surface area contributed by atoms with Gasteiger partial charge in [0.05, 0.1) is 21.7 Å². The molecule has 0 saturated heterocycles. The molecule has 0 N–H and O–H groups in total. The number of rotatable bonds is 6. The fourth-order valence-electron chi connectivity index (χ4n) is 2.61. The molecule has 1 heterocycles. The second-order valence-electron chi connectivity index (χ2n) is 6.04. The third-order valence-electron chi connectivity index (χ3n) is 3.85. The van der Waals surface area contributed by atoms with E-state index < -0.39 is 10.8 Å². The first-order valence-electron chi connectivity index (χ1n) is 8.25. The first-order valence-corrected chi connectivity index (χ1v) is 10.9. The van der Waals surface area contributed by atoms with E-state index in [-0.39, 0.29) is 11.6 Å². The van der Waals surface area contributed by atoms with Gasteiger partial charge in [-0.1, -0.05) is 41.6 Å². The summed E-state index contributed by atoms with van der Waals surface area (Å²) in [6.07, 6.45) is 0. The highest BCUT2D eigenvalue weighted by Gasteiger charge is 2.15. The van der Waals surface area contributed by atoms with E-state index in [2.05, 4.69) is 4.98 Å². The number of hydrogen-bond acceptors (Lipinski definition) is 4. The van der Waals surface area contributed by atoms with Crippen molar-refractivity contribution in [2.24, 2.45) is 0 Å². The van der Waals surface area contributed by atoms with E-state index in [0.29, 0.717) is 32.6 Å². The molecule has 0 bridgehead atoms. The Kier molecular flexibility index (Phi) is 6.16. The molecule has 2 aromatic carbocycles. The molecule has 1 atom stereocenters. The molecule has 1 aromatic heterocycles. The zero-order valence-electron chi connectivity index (χ0n) is 14.5. The summed E-state index contributed by atoms with van der Waals surface area (Å²) in [5.74, 6) is 1.10. The first kappa shape index (κ1) is 19.1. The van der Waals surface area contributed by atoms with E-state index >= 15 is 0 Å². The van der Waals surface area contributed by atoms with Crippen LogP contribution in [-0.2, 0) is 10.8 Å². The molecule has 3 aromatic rings. The van der Waals surface area contributed by atoms with Crippen molar-refractivity contribution in [3.05, 3.63) is 63.9 Å². The predicted octanol–water partition coefficient (Wildman–Crippen LogP) is 4.53. The summed E-state index contributed by atoms with van der Waals surface area (Å²) in [5.41, 5.74) is 0.513. The normalized spacial score (nSPS) is 12.6. The topological polar surface area (TPSA) is 52.0 Å². The zero-order valence-corrected chi connectivity index (χ0v) is 16.9. The highest BCUT2D eigenvalue weighted by molar-refractivity contribution is 8.00. The number of hydrogen-bond donors (Lipinski definition) is 0. The minimum atomic E-state index is -1.07. The number of benzene rings is 2. The Balaban J connectivity index is 1.85. The molecule has 0 fully saturated rings. The number of halogens is 1. The van der Waals surface area contributed by atoms with Crippen LogP contribution >= 0.6 is 23.4 Å². The number of thioether (sulfide) groups is 1. The van der Waals surface area contributed by atoms with Crippen LogP contribution in [0.25, 0.3) is 10.9 Å². The lowest BCUT2D eigenvalue weighted by molar-refractivity contribution is 0.519. The Morgan fingerprint density at radius 3 is 2.62 bits per heavy atom. The standard InChI is InChI=1S/C19H19ClN2O2S2/c1-13(2)22-18(23)16-9-8-14(20)12-17(16)21-19(22)25-10-11-26(24)15-6-4-3-5-7-15/h3-9,12-13H,10-11H2,1-2H3/t26-/m0/s1. The lowest BCUT2D eigenvalue weighted by Gasteiger charge is -2.16. The molecule has 26 heavy (non-hydrogen) atoms. The van der Waals surface area contributed by atoms with Crippen molar-refractivity contribution in [2.75, 3.05) is 11.5 Å². The monoisotopic (exact) mass is 406 g/mol. The molecular formula is C19H19ClN2O2S2. The zero-order chi connectivity index (χ0) is 18.7. The number of nitrogens with zero attached hydrogens (tertiary/aromatic N) is 2. The fourth-order valence-corrected chi connectivity index (χ4v) is 5.19. The van der Waals surface area contributed by atoms with Crippen LogP contribution in [0.1, 0.15) is 19.9 Å². The molecule has 0 amide bonds. The van der Waals surface area contributed by atoms with E-state index in [9.17, 15) is 9.00 Å². The van der Waals surface area contributed by atoms with Crippen LogP contribution < -0.4 is 5.56 Å². The number of aromatic nitrogens is 2. The summed E-state index contributed by atoms with van der Waals surface area (Å²) in [7, 11) is -1.07. The van der Waals surface area contributed by atoms with Gasteiger partial charge in [-0.15, -0.1) is 0 Å². The van der Waals surface area contributed by atoms with Crippen LogP contribution in [-0.4, -0.2) is 25.3 Å². The maximum Gasteiger partial charge on any atom is 0.262 e. The molecule has 0 spiro atoms. The second kappa shape index (κ2) is 8.37. The quantitative estimate of drug-likeness (QED) is 0.445. The highest BCUT2D eigenvalue weighted by atomic mass is 35.5. The summed E-state index contributed by atoms with van der Waals surface area (Å²) >= 11 is 7.49. The van der Waals surface area contributed by atoms with Crippen LogP contribution in [0.15, 0.2) is 63.4 Å². The van der Waals surface area contributed by atoms with Crippen molar-refractivity contribution in [1.82, 2.24) is 9.55 Å². The van der Waals surface area contributed by atoms with E-state index in [1.807, 2.05) is 44.2 Å². The molecule has 4 nitrogen and oxygen atoms in total. The van der Waals surface area contributed by atoms with Crippen molar-refractivity contribution < 1.29 is 4.21 Å². The van der Waals surface area contributed by atoms with Gasteiger partial charge in [0.1, 0.15) is 0 Å². The molecule has 0 aliphatic rings. The molecule has 3 rings (SSSR count). The van der Waals surface area contributed by atoms with Crippen LogP contribution in [0.5, 0.6) is 0 Å². The Morgan fingerprint density at radius 1 is 1.19 bits per heavy atom. The predicted molar refractivity (Wildman–Crippen MR) is 110 cm³/mol. The van der Waals surface area contributed by atoms with Crippen molar-refractivity contribution >= 4 is 45.1 Å². The lowest BCUT2D eigenvalue weighted by Crippen LogP contribution is -2.25. The van der Waals surface area contributed by atoms with Gasteiger partial charge in [0.25, 0.3) is 5.56 Å². The summed E-state index contributed by atoms with van der Waals surface area (Å²) in [6.45, 7) is 3.91. The minimum absolute atomic E-state index is 0.0165. The molecule has 0 aliphatic heterocycles. The highest BCUT2D eigenvalue weighted by Crippen LogP contribution is 2.23. The average Bonchev–Trinajstić information content (AvgIpc) is 2.61. The van der Waals surface area contributed by atoms with Crippen molar-refractivity contribution in [3.8, 4) is 0 Å². The van der Waals surface area contributed by atoms with E-state index in [0.717, 1.165) is 4.90 Å². The molecule has 0 aliphatic carbocycles. The van der Waals surface area contributed by atoms with Crippen molar-refractivity contribution in [3.63, 3.8) is 0 Å². The molecule has 0 unspecified atom stereocenters. The summed E-state index contributed by atoms with van der Waals surface area (Å²) in [5, 5.41) is 1.73. The summed E-state index contributed by atoms with van der Waals surface area (Å²) in [6, 6.07) is 14.5. The van der Waals surface area contributed by atoms with Gasteiger partial charge in [-0.3, -0.25) is 13.6 Å². The number of fused-ring (bicyclic) bond motifs is 1. The average molecular weight is 407 g/mol. The van der Waals surface area contributed by atoms with Gasteiger partial charge >= 0.3 is 0 Å². The van der Waals surface area contributed by atoms with Gasteiger partial charge < -0.3 is 0 Å². The largest absolute Gasteiger partial charge is 0.285 e. The van der Waals surface area contributed by atoms with E-state index in [1.165, 1.54) is 11.8 Å². The van der Waals surface area contributed by atoms with Crippen LogP contribution in [0.2, 0.25) is 5.02 Å². The van der Waals surface area contributed by atoms with Gasteiger partial charge in [0.2, 0.25) is 0 Å². The molecule has 0 radical (unpaired) electrons. The van der Waals surface area contributed by atoms with E-state index in [4.69, 9.17) is 11.6 Å². The second-order valence-corrected chi connectivity index (χ2v) is 9.11. The summed E-state index contributed by atoms with van der Waals surface area (Å²) < 4.78 is 14.1. The van der Waals surface area contributed by atoms with Crippen LogP contribution in [0.3, 0.4) is 0 Å². The van der Waals surface area contributed by atoms with Crippen molar-refractivity contribution in [2.45, 2.75) is 29.9 Å². The Hall–Kier alpha value is -1.63. The van der Waals surface area contributed by atoms with Crippen LogP contribution in [0.4, 0.5) is 0 Å². The van der Waals surface area contributed by atoms with Gasteiger partial charge in [0.15, 0.2) is 5.16 Å². The third kappa shape index (κ3) is 4.19. The molecular weight excluding hydrogens is 388 g/mol. The minimum Gasteiger partial charge on any atom is -0.285 e.